The molecule has 6 bridgehead atoms. The van der Waals surface area contributed by atoms with Crippen molar-refractivity contribution >= 4 is 17.7 Å². The van der Waals surface area contributed by atoms with Crippen LogP contribution in [0.1, 0.15) is 77.0 Å². The lowest BCUT2D eigenvalue weighted by Crippen LogP contribution is -2.60. The predicted octanol–water partition coefficient (Wildman–Crippen LogP) is 2.87. The van der Waals surface area contributed by atoms with Crippen LogP contribution in [0.25, 0.3) is 0 Å². The minimum Gasteiger partial charge on any atom is -0.336 e. The molecule has 0 aromatic heterocycles. The minimum atomic E-state index is -0.0677. The molecular formula is C22H30N2O3. The lowest BCUT2D eigenvalue weighted by Gasteiger charge is -2.57. The maximum absolute atomic E-state index is 13.8. The first-order valence-electron chi connectivity index (χ1n) is 11.2. The van der Waals surface area contributed by atoms with Crippen molar-refractivity contribution in [1.82, 2.24) is 9.80 Å². The molecule has 5 nitrogen and oxygen atoms in total. The summed E-state index contributed by atoms with van der Waals surface area (Å²) in [4.78, 5) is 42.0. The van der Waals surface area contributed by atoms with Crippen molar-refractivity contribution < 1.29 is 14.4 Å². The molecule has 0 aromatic rings. The summed E-state index contributed by atoms with van der Waals surface area (Å²) < 4.78 is 0. The van der Waals surface area contributed by atoms with Crippen molar-refractivity contribution in [2.24, 2.45) is 23.2 Å². The van der Waals surface area contributed by atoms with Crippen molar-refractivity contribution in [3.8, 4) is 0 Å². The van der Waals surface area contributed by atoms with E-state index in [9.17, 15) is 14.4 Å². The minimum absolute atomic E-state index is 0.00487. The van der Waals surface area contributed by atoms with Gasteiger partial charge in [-0.2, -0.15) is 0 Å². The number of hydrogen-bond donors (Lipinski definition) is 0. The molecule has 2 unspecified atom stereocenters. The molecule has 3 saturated heterocycles. The molecular weight excluding hydrogens is 340 g/mol. The molecule has 3 heterocycles. The Morgan fingerprint density at radius 1 is 0.741 bits per heavy atom. The first-order valence-corrected chi connectivity index (χ1v) is 11.2. The van der Waals surface area contributed by atoms with Crippen LogP contribution in [0.3, 0.4) is 0 Å². The van der Waals surface area contributed by atoms with E-state index in [4.69, 9.17) is 0 Å². The highest BCUT2D eigenvalue weighted by Gasteiger charge is 2.58. The smallest absolute Gasteiger partial charge is 0.229 e. The molecule has 0 N–H and O–H groups in total. The van der Waals surface area contributed by atoms with Crippen LogP contribution in [0.2, 0.25) is 0 Å². The van der Waals surface area contributed by atoms with E-state index in [-0.39, 0.29) is 35.4 Å². The summed E-state index contributed by atoms with van der Waals surface area (Å²) in [7, 11) is 0. The molecule has 146 valence electrons. The zero-order valence-corrected chi connectivity index (χ0v) is 16.1. The summed E-state index contributed by atoms with van der Waals surface area (Å²) in [5.74, 6) is 2.82. The SMILES string of the molecule is O=C1CCC(=O)N1C1CC2CCC(C1)N2C(=O)C12CC3CC(CC(C3)C1)C2. The third-order valence-electron chi connectivity index (χ3n) is 8.89. The molecule has 7 fully saturated rings. The zero-order valence-electron chi connectivity index (χ0n) is 16.1. The lowest BCUT2D eigenvalue weighted by atomic mass is 9.49. The van der Waals surface area contributed by atoms with Crippen LogP contribution in [0.5, 0.6) is 0 Å². The van der Waals surface area contributed by atoms with E-state index in [1.165, 1.54) is 19.3 Å². The van der Waals surface area contributed by atoms with E-state index < -0.39 is 0 Å². The Kier molecular flexibility index (Phi) is 3.42. The standard InChI is InChI=1S/C22H30N2O3/c25-19-3-4-20(26)24(19)18-8-16-1-2-17(9-18)23(16)21(27)22-10-13-5-14(11-22)7-15(6-13)12-22/h13-18H,1-12H2. The topological polar surface area (TPSA) is 57.7 Å². The Labute approximate surface area is 160 Å². The third kappa shape index (κ3) is 2.32. The van der Waals surface area contributed by atoms with E-state index in [1.54, 1.807) is 4.90 Å². The van der Waals surface area contributed by atoms with Crippen molar-refractivity contribution in [3.63, 3.8) is 0 Å². The number of likely N-dealkylation sites (tertiary alicyclic amines) is 1. The van der Waals surface area contributed by atoms with Gasteiger partial charge in [0.1, 0.15) is 0 Å². The Morgan fingerprint density at radius 3 is 1.70 bits per heavy atom. The highest BCUT2D eigenvalue weighted by atomic mass is 16.2. The van der Waals surface area contributed by atoms with Gasteiger partial charge >= 0.3 is 0 Å². The van der Waals surface area contributed by atoms with E-state index in [1.807, 2.05) is 0 Å². The Balaban J connectivity index is 1.24. The van der Waals surface area contributed by atoms with Gasteiger partial charge in [-0.3, -0.25) is 19.3 Å². The number of fused-ring (bicyclic) bond motifs is 2. The van der Waals surface area contributed by atoms with Crippen molar-refractivity contribution in [1.29, 1.82) is 0 Å². The van der Waals surface area contributed by atoms with Gasteiger partial charge in [-0.05, 0) is 82.0 Å². The molecule has 0 radical (unpaired) electrons. The van der Waals surface area contributed by atoms with E-state index in [2.05, 4.69) is 4.90 Å². The van der Waals surface area contributed by atoms with E-state index >= 15 is 0 Å². The average molecular weight is 370 g/mol. The first-order chi connectivity index (χ1) is 13.0. The Bertz CT molecular complexity index is 651. The number of carbonyl (C=O) groups excluding carboxylic acids is 3. The lowest BCUT2D eigenvalue weighted by molar-refractivity contribution is -0.163. The molecule has 7 rings (SSSR count). The molecule has 4 aliphatic carbocycles. The van der Waals surface area contributed by atoms with Gasteiger partial charge < -0.3 is 4.90 Å². The molecule has 0 aromatic carbocycles. The number of rotatable bonds is 2. The monoisotopic (exact) mass is 370 g/mol. The van der Waals surface area contributed by atoms with Gasteiger partial charge in [0.2, 0.25) is 17.7 Å². The fraction of sp³-hybridized carbons (Fsp3) is 0.864. The number of piperidine rings is 1. The number of carbonyl (C=O) groups is 3. The molecule has 4 saturated carbocycles. The molecule has 2 atom stereocenters. The van der Waals surface area contributed by atoms with Crippen LogP contribution in [0.15, 0.2) is 0 Å². The van der Waals surface area contributed by atoms with Crippen molar-refractivity contribution in [3.05, 3.63) is 0 Å². The fourth-order valence-electron chi connectivity index (χ4n) is 8.34. The molecule has 3 aliphatic heterocycles. The summed E-state index contributed by atoms with van der Waals surface area (Å²) in [6.07, 6.45) is 11.9. The number of nitrogens with zero attached hydrogens (tertiary/aromatic N) is 2. The fourth-order valence-corrected chi connectivity index (χ4v) is 8.34. The predicted molar refractivity (Wildman–Crippen MR) is 98.4 cm³/mol. The molecule has 3 amide bonds. The summed E-state index contributed by atoms with van der Waals surface area (Å²) in [5, 5.41) is 0. The van der Waals surface area contributed by atoms with Gasteiger partial charge in [-0.25, -0.2) is 0 Å². The highest BCUT2D eigenvalue weighted by molar-refractivity contribution is 6.02. The first kappa shape index (κ1) is 16.6. The summed E-state index contributed by atoms with van der Waals surface area (Å²) >= 11 is 0. The van der Waals surface area contributed by atoms with Gasteiger partial charge in [0.25, 0.3) is 0 Å². The van der Waals surface area contributed by atoms with Gasteiger partial charge in [0.05, 0.1) is 5.41 Å². The van der Waals surface area contributed by atoms with Crippen LogP contribution in [-0.2, 0) is 14.4 Å². The number of amides is 3. The third-order valence-corrected chi connectivity index (χ3v) is 8.89. The van der Waals surface area contributed by atoms with Crippen LogP contribution in [0.4, 0.5) is 0 Å². The molecule has 0 spiro atoms. The van der Waals surface area contributed by atoms with Crippen LogP contribution < -0.4 is 0 Å². The van der Waals surface area contributed by atoms with Crippen LogP contribution >= 0.6 is 0 Å². The van der Waals surface area contributed by atoms with Crippen molar-refractivity contribution in [2.75, 3.05) is 0 Å². The second-order valence-electron chi connectivity index (χ2n) is 10.6. The van der Waals surface area contributed by atoms with Gasteiger partial charge in [-0.15, -0.1) is 0 Å². The highest BCUT2D eigenvalue weighted by Crippen LogP contribution is 2.61. The maximum Gasteiger partial charge on any atom is 0.229 e. The average Bonchev–Trinajstić information content (AvgIpc) is 3.08. The second-order valence-corrected chi connectivity index (χ2v) is 10.6. The zero-order chi connectivity index (χ0) is 18.3. The molecule has 5 heteroatoms. The van der Waals surface area contributed by atoms with Gasteiger partial charge in [-0.1, -0.05) is 0 Å². The summed E-state index contributed by atoms with van der Waals surface area (Å²) in [5.41, 5.74) is -0.0677. The molecule has 27 heavy (non-hydrogen) atoms. The normalized spacial score (nSPS) is 48.0. The van der Waals surface area contributed by atoms with E-state index in [0.717, 1.165) is 62.7 Å². The van der Waals surface area contributed by atoms with Crippen molar-refractivity contribution in [2.45, 2.75) is 95.2 Å². The van der Waals surface area contributed by atoms with Crippen LogP contribution in [-0.4, -0.2) is 45.6 Å². The Hall–Kier alpha value is -1.39. The summed E-state index contributed by atoms with van der Waals surface area (Å²) in [6.45, 7) is 0. The second kappa shape index (κ2) is 5.57. The maximum atomic E-state index is 13.8. The largest absolute Gasteiger partial charge is 0.336 e. The van der Waals surface area contributed by atoms with E-state index in [0.29, 0.717) is 18.7 Å². The Morgan fingerprint density at radius 2 is 1.22 bits per heavy atom. The summed E-state index contributed by atoms with van der Waals surface area (Å²) in [6, 6.07) is 0.524. The van der Waals surface area contributed by atoms with Gasteiger partial charge in [0.15, 0.2) is 0 Å². The quantitative estimate of drug-likeness (QED) is 0.702. The van der Waals surface area contributed by atoms with Crippen LogP contribution in [0, 0.1) is 23.2 Å². The molecule has 7 aliphatic rings. The van der Waals surface area contributed by atoms with Gasteiger partial charge in [0, 0.05) is 31.0 Å². The number of hydrogen-bond acceptors (Lipinski definition) is 3. The number of imide groups is 1.